The van der Waals surface area contributed by atoms with Crippen molar-refractivity contribution in [1.29, 1.82) is 0 Å². The van der Waals surface area contributed by atoms with Crippen molar-refractivity contribution < 1.29 is 12.8 Å². The first-order chi connectivity index (χ1) is 6.31. The van der Waals surface area contributed by atoms with Gasteiger partial charge in [-0.25, -0.2) is 12.8 Å². The summed E-state index contributed by atoms with van der Waals surface area (Å²) in [7, 11) is 1.36. The van der Waals surface area contributed by atoms with Crippen LogP contribution in [0.3, 0.4) is 0 Å². The summed E-state index contributed by atoms with van der Waals surface area (Å²) in [4.78, 5) is 0. The molecule has 1 aromatic carbocycles. The van der Waals surface area contributed by atoms with Crippen molar-refractivity contribution in [2.75, 3.05) is 0 Å². The molecule has 0 aliphatic carbocycles. The van der Waals surface area contributed by atoms with E-state index in [0.717, 1.165) is 0 Å². The Kier molecular flexibility index (Phi) is 3.17. The molecule has 14 heavy (non-hydrogen) atoms. The smallest absolute Gasteiger partial charge is 0.212 e. The van der Waals surface area contributed by atoms with Crippen LogP contribution in [0.5, 0.6) is 0 Å². The topological polar surface area (TPSA) is 34.1 Å². The zero-order valence-corrected chi connectivity index (χ0v) is 9.41. The number of rotatable bonds is 2. The Morgan fingerprint density at radius 2 is 1.79 bits per heavy atom. The van der Waals surface area contributed by atoms with Crippen LogP contribution in [-0.2, 0) is 14.8 Å². The highest BCUT2D eigenvalue weighted by Crippen LogP contribution is 2.20. The summed E-state index contributed by atoms with van der Waals surface area (Å²) in [6, 6.07) is 3.28. The van der Waals surface area contributed by atoms with Crippen LogP contribution in [0.2, 0.25) is 0 Å². The van der Waals surface area contributed by atoms with Crippen molar-refractivity contribution in [3.63, 3.8) is 0 Å². The van der Waals surface area contributed by atoms with Gasteiger partial charge in [-0.05, 0) is 25.0 Å². The van der Waals surface area contributed by atoms with E-state index in [9.17, 15) is 12.8 Å². The zero-order chi connectivity index (χ0) is 10.9. The minimum absolute atomic E-state index is 0.153. The molecule has 0 bridgehead atoms. The summed E-state index contributed by atoms with van der Waals surface area (Å²) in [5.74, 6) is -0.956. The maximum Gasteiger partial charge on any atom is 0.236 e. The summed E-state index contributed by atoms with van der Waals surface area (Å²) < 4.78 is 35.1. The molecule has 0 saturated heterocycles. The molecular weight excluding hydrogens is 227 g/mol. The minimum atomic E-state index is -3.71. The van der Waals surface area contributed by atoms with Gasteiger partial charge in [-0.3, -0.25) is 0 Å². The standard InChI is InChI=1S/C9H10ClFO2S/c1-6-3-4-7(2)9(11)8(6)5-14(10,12)13/h3-4H,5H2,1-2H3. The summed E-state index contributed by atoms with van der Waals surface area (Å²) in [5, 5.41) is 0. The van der Waals surface area contributed by atoms with Crippen LogP contribution in [-0.4, -0.2) is 8.42 Å². The summed E-state index contributed by atoms with van der Waals surface area (Å²) in [6.07, 6.45) is 0. The van der Waals surface area contributed by atoms with Gasteiger partial charge in [0.15, 0.2) is 0 Å². The van der Waals surface area contributed by atoms with Crippen LogP contribution < -0.4 is 0 Å². The second-order valence-corrected chi connectivity index (χ2v) is 5.95. The van der Waals surface area contributed by atoms with E-state index in [4.69, 9.17) is 10.7 Å². The van der Waals surface area contributed by atoms with E-state index in [1.807, 2.05) is 0 Å². The molecule has 0 saturated carbocycles. The molecule has 0 aromatic heterocycles. The van der Waals surface area contributed by atoms with E-state index in [2.05, 4.69) is 0 Å². The van der Waals surface area contributed by atoms with Gasteiger partial charge in [0.1, 0.15) is 5.82 Å². The van der Waals surface area contributed by atoms with Crippen molar-refractivity contribution in [3.8, 4) is 0 Å². The lowest BCUT2D eigenvalue weighted by Gasteiger charge is -2.07. The second kappa shape index (κ2) is 3.87. The summed E-state index contributed by atoms with van der Waals surface area (Å²) >= 11 is 0. The molecule has 5 heteroatoms. The molecule has 0 fully saturated rings. The third-order valence-electron chi connectivity index (χ3n) is 1.99. The minimum Gasteiger partial charge on any atom is -0.212 e. The molecule has 0 N–H and O–H groups in total. The lowest BCUT2D eigenvalue weighted by molar-refractivity contribution is 0.592. The molecule has 0 heterocycles. The molecule has 0 spiro atoms. The normalized spacial score (nSPS) is 11.7. The first-order valence-electron chi connectivity index (χ1n) is 3.98. The molecule has 0 unspecified atom stereocenters. The number of benzene rings is 1. The molecule has 1 aromatic rings. The first kappa shape index (κ1) is 11.5. The Morgan fingerprint density at radius 1 is 1.29 bits per heavy atom. The van der Waals surface area contributed by atoms with Gasteiger partial charge in [-0.1, -0.05) is 12.1 Å². The van der Waals surface area contributed by atoms with Gasteiger partial charge >= 0.3 is 0 Å². The molecule has 0 aliphatic rings. The molecule has 0 atom stereocenters. The van der Waals surface area contributed by atoms with E-state index in [0.29, 0.717) is 11.1 Å². The van der Waals surface area contributed by atoms with Gasteiger partial charge < -0.3 is 0 Å². The van der Waals surface area contributed by atoms with Crippen molar-refractivity contribution in [2.24, 2.45) is 0 Å². The molecular formula is C9H10ClFO2S. The third-order valence-corrected chi connectivity index (χ3v) is 2.95. The summed E-state index contributed by atoms with van der Waals surface area (Å²) in [5.41, 5.74) is 1.17. The van der Waals surface area contributed by atoms with Gasteiger partial charge in [0.2, 0.25) is 9.05 Å². The Bertz CT molecular complexity index is 454. The third kappa shape index (κ3) is 2.69. The number of hydrogen-bond donors (Lipinski definition) is 0. The monoisotopic (exact) mass is 236 g/mol. The molecule has 0 aliphatic heterocycles. The highest BCUT2D eigenvalue weighted by atomic mass is 35.7. The Morgan fingerprint density at radius 3 is 2.29 bits per heavy atom. The van der Waals surface area contributed by atoms with Crippen LogP contribution >= 0.6 is 10.7 Å². The average molecular weight is 237 g/mol. The van der Waals surface area contributed by atoms with Crippen molar-refractivity contribution in [3.05, 3.63) is 34.6 Å². The van der Waals surface area contributed by atoms with E-state index in [1.54, 1.807) is 26.0 Å². The molecule has 2 nitrogen and oxygen atoms in total. The fourth-order valence-corrected chi connectivity index (χ4v) is 2.21. The number of halogens is 2. The predicted molar refractivity (Wildman–Crippen MR) is 54.4 cm³/mol. The van der Waals surface area contributed by atoms with E-state index in [1.165, 1.54) is 0 Å². The van der Waals surface area contributed by atoms with Crippen LogP contribution in [0, 0.1) is 19.7 Å². The predicted octanol–water partition coefficient (Wildman–Crippen LogP) is 2.51. The Labute approximate surface area is 87.1 Å². The van der Waals surface area contributed by atoms with Gasteiger partial charge in [0.05, 0.1) is 5.75 Å². The van der Waals surface area contributed by atoms with E-state index < -0.39 is 20.6 Å². The molecule has 0 radical (unpaired) electrons. The average Bonchev–Trinajstić information content (AvgIpc) is 2.04. The van der Waals surface area contributed by atoms with Crippen molar-refractivity contribution in [1.82, 2.24) is 0 Å². The molecule has 0 amide bonds. The highest BCUT2D eigenvalue weighted by molar-refractivity contribution is 8.13. The SMILES string of the molecule is Cc1ccc(C)c(CS(=O)(=O)Cl)c1F. The van der Waals surface area contributed by atoms with Crippen molar-refractivity contribution in [2.45, 2.75) is 19.6 Å². The van der Waals surface area contributed by atoms with Gasteiger partial charge in [0, 0.05) is 16.2 Å². The van der Waals surface area contributed by atoms with Gasteiger partial charge in [-0.2, -0.15) is 0 Å². The van der Waals surface area contributed by atoms with E-state index >= 15 is 0 Å². The fraction of sp³-hybridized carbons (Fsp3) is 0.333. The van der Waals surface area contributed by atoms with Crippen LogP contribution in [0.4, 0.5) is 4.39 Å². The fourth-order valence-electron chi connectivity index (χ4n) is 1.18. The lowest BCUT2D eigenvalue weighted by Crippen LogP contribution is -2.02. The van der Waals surface area contributed by atoms with Crippen LogP contribution in [0.1, 0.15) is 16.7 Å². The zero-order valence-electron chi connectivity index (χ0n) is 7.84. The lowest BCUT2D eigenvalue weighted by atomic mass is 10.1. The first-order valence-corrected chi connectivity index (χ1v) is 6.46. The Balaban J connectivity index is 3.27. The quantitative estimate of drug-likeness (QED) is 0.740. The number of hydrogen-bond acceptors (Lipinski definition) is 2. The highest BCUT2D eigenvalue weighted by Gasteiger charge is 2.15. The van der Waals surface area contributed by atoms with Crippen LogP contribution in [0.25, 0.3) is 0 Å². The largest absolute Gasteiger partial charge is 0.236 e. The van der Waals surface area contributed by atoms with Gasteiger partial charge in [-0.15, -0.1) is 0 Å². The Hall–Kier alpha value is -0.610. The van der Waals surface area contributed by atoms with Crippen LogP contribution in [0.15, 0.2) is 12.1 Å². The second-order valence-electron chi connectivity index (χ2n) is 3.18. The number of aryl methyl sites for hydroxylation is 2. The molecule has 78 valence electrons. The van der Waals surface area contributed by atoms with Crippen molar-refractivity contribution >= 4 is 19.7 Å². The maximum atomic E-state index is 13.5. The van der Waals surface area contributed by atoms with Gasteiger partial charge in [0.25, 0.3) is 0 Å². The van der Waals surface area contributed by atoms with E-state index in [-0.39, 0.29) is 5.56 Å². The molecule has 1 rings (SSSR count). The summed E-state index contributed by atoms with van der Waals surface area (Å²) in [6.45, 7) is 3.24. The maximum absolute atomic E-state index is 13.5.